The Morgan fingerprint density at radius 1 is 1.14 bits per heavy atom. The Kier molecular flexibility index (Phi) is 5.07. The van der Waals surface area contributed by atoms with Crippen molar-refractivity contribution >= 4 is 17.5 Å². The van der Waals surface area contributed by atoms with Crippen LogP contribution in [-0.4, -0.2) is 61.4 Å². The molecule has 1 aromatic rings. The Morgan fingerprint density at radius 2 is 1.77 bits per heavy atom. The van der Waals surface area contributed by atoms with Crippen LogP contribution >= 0.6 is 0 Å². The van der Waals surface area contributed by atoms with E-state index in [9.17, 15) is 18.4 Å². The lowest BCUT2D eigenvalue weighted by Gasteiger charge is -2.33. The van der Waals surface area contributed by atoms with Crippen molar-refractivity contribution in [3.63, 3.8) is 0 Å². The maximum atomic E-state index is 13.3. The molecule has 0 aromatic heterocycles. The van der Waals surface area contributed by atoms with Crippen LogP contribution in [-0.2, 0) is 9.59 Å². The van der Waals surface area contributed by atoms with Crippen LogP contribution in [0.25, 0.3) is 0 Å². The van der Waals surface area contributed by atoms with E-state index in [0.29, 0.717) is 13.1 Å². The maximum Gasteiger partial charge on any atom is 0.242 e. The zero-order valence-corrected chi connectivity index (χ0v) is 12.7. The van der Waals surface area contributed by atoms with Crippen LogP contribution in [0.5, 0.6) is 0 Å². The van der Waals surface area contributed by atoms with Crippen molar-refractivity contribution in [3.8, 4) is 0 Å². The highest BCUT2D eigenvalue weighted by Crippen LogP contribution is 2.18. The number of carbonyl (C=O) groups excluding carboxylic acids is 2. The molecule has 0 N–H and O–H groups in total. The summed E-state index contributed by atoms with van der Waals surface area (Å²) in [6, 6.07) is 3.16. The second-order valence-electron chi connectivity index (χ2n) is 5.39. The van der Waals surface area contributed by atoms with E-state index in [-0.39, 0.29) is 18.1 Å². The summed E-state index contributed by atoms with van der Waals surface area (Å²) in [4.78, 5) is 29.0. The normalized spacial score (nSPS) is 15.7. The Labute approximate surface area is 128 Å². The lowest BCUT2D eigenvalue weighted by Crippen LogP contribution is -2.50. The van der Waals surface area contributed by atoms with Crippen LogP contribution in [0, 0.1) is 11.6 Å². The number of hydrogen-bond donors (Lipinski definition) is 0. The summed E-state index contributed by atoms with van der Waals surface area (Å²) >= 11 is 0. The molecule has 0 aliphatic carbocycles. The summed E-state index contributed by atoms with van der Waals surface area (Å²) in [5, 5.41) is 0. The summed E-state index contributed by atoms with van der Waals surface area (Å²) in [5.41, 5.74) is 0.175. The number of carbonyl (C=O) groups is 2. The quantitative estimate of drug-likeness (QED) is 0.839. The SMILES string of the molecule is CC(=O)N(CC(=O)N1CCN(C)CC1)c1ccc(F)c(F)c1. The molecule has 0 saturated carbocycles. The highest BCUT2D eigenvalue weighted by Gasteiger charge is 2.23. The molecule has 0 unspecified atom stereocenters. The number of amides is 2. The van der Waals surface area contributed by atoms with E-state index in [1.165, 1.54) is 13.0 Å². The monoisotopic (exact) mass is 311 g/mol. The van der Waals surface area contributed by atoms with Gasteiger partial charge in [0.1, 0.15) is 6.54 Å². The van der Waals surface area contributed by atoms with E-state index in [1.54, 1.807) is 4.90 Å². The maximum absolute atomic E-state index is 13.3. The van der Waals surface area contributed by atoms with Crippen LogP contribution in [0.1, 0.15) is 6.92 Å². The molecule has 1 aromatic carbocycles. The molecule has 1 aliphatic heterocycles. The topological polar surface area (TPSA) is 43.9 Å². The molecule has 1 aliphatic rings. The molecule has 0 bridgehead atoms. The molecular formula is C15H19F2N3O2. The van der Waals surface area contributed by atoms with Gasteiger partial charge >= 0.3 is 0 Å². The van der Waals surface area contributed by atoms with Gasteiger partial charge in [0.15, 0.2) is 11.6 Å². The summed E-state index contributed by atoms with van der Waals surface area (Å²) in [6.45, 7) is 3.86. The fraction of sp³-hybridized carbons (Fsp3) is 0.467. The minimum atomic E-state index is -1.05. The van der Waals surface area contributed by atoms with E-state index in [0.717, 1.165) is 30.1 Å². The number of rotatable bonds is 3. The number of halogens is 2. The van der Waals surface area contributed by atoms with Gasteiger partial charge in [0.25, 0.3) is 0 Å². The van der Waals surface area contributed by atoms with Gasteiger partial charge in [-0.3, -0.25) is 9.59 Å². The first-order valence-electron chi connectivity index (χ1n) is 7.08. The van der Waals surface area contributed by atoms with Gasteiger partial charge in [-0.1, -0.05) is 0 Å². The van der Waals surface area contributed by atoms with Crippen molar-refractivity contribution in [2.45, 2.75) is 6.92 Å². The predicted molar refractivity (Wildman–Crippen MR) is 78.5 cm³/mol. The molecular weight excluding hydrogens is 292 g/mol. The zero-order valence-electron chi connectivity index (χ0n) is 12.7. The van der Waals surface area contributed by atoms with E-state index in [2.05, 4.69) is 4.90 Å². The first kappa shape index (κ1) is 16.4. The fourth-order valence-electron chi connectivity index (χ4n) is 2.33. The second kappa shape index (κ2) is 6.83. The summed E-state index contributed by atoms with van der Waals surface area (Å²) < 4.78 is 26.3. The first-order chi connectivity index (χ1) is 10.4. The molecule has 22 heavy (non-hydrogen) atoms. The largest absolute Gasteiger partial charge is 0.339 e. The summed E-state index contributed by atoms with van der Waals surface area (Å²) in [6.07, 6.45) is 0. The minimum absolute atomic E-state index is 0.175. The molecule has 1 fully saturated rings. The highest BCUT2D eigenvalue weighted by atomic mass is 19.2. The summed E-state index contributed by atoms with van der Waals surface area (Å²) in [5.74, 6) is -2.63. The molecule has 5 nitrogen and oxygen atoms in total. The third-order valence-corrected chi connectivity index (χ3v) is 3.74. The lowest BCUT2D eigenvalue weighted by molar-refractivity contribution is -0.132. The van der Waals surface area contributed by atoms with Crippen molar-refractivity contribution < 1.29 is 18.4 Å². The van der Waals surface area contributed by atoms with Crippen molar-refractivity contribution in [1.82, 2.24) is 9.80 Å². The highest BCUT2D eigenvalue weighted by molar-refractivity contribution is 5.97. The van der Waals surface area contributed by atoms with Gasteiger partial charge < -0.3 is 14.7 Å². The Balaban J connectivity index is 2.10. The molecule has 0 radical (unpaired) electrons. The molecule has 1 heterocycles. The molecule has 0 atom stereocenters. The Morgan fingerprint density at radius 3 is 2.32 bits per heavy atom. The predicted octanol–water partition coefficient (Wildman–Crippen LogP) is 1.09. The van der Waals surface area contributed by atoms with Crippen molar-refractivity contribution in [2.75, 3.05) is 44.7 Å². The van der Waals surface area contributed by atoms with Crippen molar-refractivity contribution in [3.05, 3.63) is 29.8 Å². The number of benzene rings is 1. The first-order valence-corrected chi connectivity index (χ1v) is 7.08. The number of hydrogen-bond acceptors (Lipinski definition) is 3. The van der Waals surface area contributed by atoms with E-state index < -0.39 is 17.5 Å². The van der Waals surface area contributed by atoms with Gasteiger partial charge in [-0.15, -0.1) is 0 Å². The molecule has 7 heteroatoms. The average molecular weight is 311 g/mol. The van der Waals surface area contributed by atoms with E-state index in [4.69, 9.17) is 0 Å². The van der Waals surface area contributed by atoms with Gasteiger partial charge in [0.2, 0.25) is 11.8 Å². The molecule has 1 saturated heterocycles. The number of likely N-dealkylation sites (N-methyl/N-ethyl adjacent to an activating group) is 1. The van der Waals surface area contributed by atoms with Gasteiger partial charge in [-0.05, 0) is 19.2 Å². The smallest absolute Gasteiger partial charge is 0.242 e. The second-order valence-corrected chi connectivity index (χ2v) is 5.39. The number of anilines is 1. The van der Waals surface area contributed by atoms with Gasteiger partial charge in [-0.25, -0.2) is 8.78 Å². The fourth-order valence-corrected chi connectivity index (χ4v) is 2.33. The molecule has 2 rings (SSSR count). The third-order valence-electron chi connectivity index (χ3n) is 3.74. The molecule has 120 valence electrons. The van der Waals surface area contributed by atoms with Gasteiger partial charge in [0, 0.05) is 44.9 Å². The Hall–Kier alpha value is -2.02. The third kappa shape index (κ3) is 3.79. The summed E-state index contributed by atoms with van der Waals surface area (Å²) in [7, 11) is 1.98. The van der Waals surface area contributed by atoms with Crippen molar-refractivity contribution in [2.24, 2.45) is 0 Å². The van der Waals surface area contributed by atoms with Crippen LogP contribution < -0.4 is 4.90 Å². The van der Waals surface area contributed by atoms with Crippen LogP contribution in [0.15, 0.2) is 18.2 Å². The van der Waals surface area contributed by atoms with Gasteiger partial charge in [-0.2, -0.15) is 0 Å². The average Bonchev–Trinajstić information content (AvgIpc) is 2.48. The van der Waals surface area contributed by atoms with Gasteiger partial charge in [0.05, 0.1) is 0 Å². The van der Waals surface area contributed by atoms with Crippen molar-refractivity contribution in [1.29, 1.82) is 0 Å². The molecule has 2 amide bonds. The standard InChI is InChI=1S/C15H19F2N3O2/c1-11(21)20(12-3-4-13(16)14(17)9-12)10-15(22)19-7-5-18(2)6-8-19/h3-4,9H,5-8,10H2,1-2H3. The van der Waals surface area contributed by atoms with E-state index in [1.807, 2.05) is 7.05 Å². The van der Waals surface area contributed by atoms with Crippen LogP contribution in [0.3, 0.4) is 0 Å². The van der Waals surface area contributed by atoms with Crippen LogP contribution in [0.2, 0.25) is 0 Å². The van der Waals surface area contributed by atoms with E-state index >= 15 is 0 Å². The minimum Gasteiger partial charge on any atom is -0.339 e. The molecule has 0 spiro atoms. The lowest BCUT2D eigenvalue weighted by atomic mass is 10.2. The van der Waals surface area contributed by atoms with Crippen LogP contribution in [0.4, 0.5) is 14.5 Å². The number of nitrogens with zero attached hydrogens (tertiary/aromatic N) is 3. The number of piperazine rings is 1. The zero-order chi connectivity index (χ0) is 16.3. The Bertz CT molecular complexity index is 572.